The van der Waals surface area contributed by atoms with E-state index in [9.17, 15) is 4.79 Å². The molecule has 1 aliphatic heterocycles. The fourth-order valence-corrected chi connectivity index (χ4v) is 5.34. The third-order valence-electron chi connectivity index (χ3n) is 5.31. The fourth-order valence-electron chi connectivity index (χ4n) is 4.01. The minimum absolute atomic E-state index is 0.0343. The lowest BCUT2D eigenvalue weighted by molar-refractivity contribution is 0.642. The summed E-state index contributed by atoms with van der Waals surface area (Å²) in [5.74, 6) is 0. The second-order valence-corrected chi connectivity index (χ2v) is 9.10. The summed E-state index contributed by atoms with van der Waals surface area (Å²) in [6.07, 6.45) is 5.41. The van der Waals surface area contributed by atoms with Crippen molar-refractivity contribution in [2.75, 3.05) is 0 Å². The van der Waals surface area contributed by atoms with Gasteiger partial charge in [-0.2, -0.15) is 0 Å². The van der Waals surface area contributed by atoms with Crippen molar-refractivity contribution in [1.29, 1.82) is 0 Å². The van der Waals surface area contributed by atoms with E-state index in [0.29, 0.717) is 22.2 Å². The molecule has 0 amide bonds. The van der Waals surface area contributed by atoms with Crippen molar-refractivity contribution in [2.45, 2.75) is 26.3 Å². The second kappa shape index (κ2) is 7.65. The summed E-state index contributed by atoms with van der Waals surface area (Å²) in [5, 5.41) is 3.78. The maximum Gasteiger partial charge on any atom is 0.261 e. The van der Waals surface area contributed by atoms with Crippen LogP contribution in [0, 0.1) is 6.92 Å². The standard InChI is InChI=1S/C23H17Cl2N3OS/c1-13-12-30-22(27-13)19-10-18(15-7-16(24)9-17(25)8-15)21-20-11-26-5-4-14(20)3-2-6-28(21)23(19)29/h4-5,7-12H,2-3,6H2,1H3. The Morgan fingerprint density at radius 1 is 1.07 bits per heavy atom. The van der Waals surface area contributed by atoms with Crippen LogP contribution in [0.2, 0.25) is 10.0 Å². The van der Waals surface area contributed by atoms with Crippen molar-refractivity contribution >= 4 is 34.5 Å². The smallest absolute Gasteiger partial charge is 0.261 e. The molecule has 150 valence electrons. The molecule has 4 aromatic rings. The van der Waals surface area contributed by atoms with Gasteiger partial charge in [0.2, 0.25) is 0 Å². The molecule has 0 radical (unpaired) electrons. The van der Waals surface area contributed by atoms with Gasteiger partial charge in [0.05, 0.1) is 11.3 Å². The Hall–Kier alpha value is -2.47. The molecule has 1 aliphatic rings. The van der Waals surface area contributed by atoms with Gasteiger partial charge in [-0.05, 0) is 61.2 Å². The number of aryl methyl sites for hydroxylation is 2. The maximum absolute atomic E-state index is 13.6. The van der Waals surface area contributed by atoms with Crippen LogP contribution in [-0.4, -0.2) is 14.5 Å². The molecule has 0 N–H and O–H groups in total. The molecule has 3 aromatic heterocycles. The SMILES string of the molecule is Cc1csc(-c2cc(-c3cc(Cl)cc(Cl)c3)c3n(c2=O)CCCc2ccncc2-3)n1. The number of fused-ring (bicyclic) bond motifs is 3. The lowest BCUT2D eigenvalue weighted by atomic mass is 9.95. The van der Waals surface area contributed by atoms with Gasteiger partial charge in [0.1, 0.15) is 5.01 Å². The Kier molecular flexibility index (Phi) is 4.97. The topological polar surface area (TPSA) is 47.8 Å². The van der Waals surface area contributed by atoms with E-state index < -0.39 is 0 Å². The third-order valence-corrected chi connectivity index (χ3v) is 6.74. The molecule has 4 heterocycles. The molecule has 0 atom stereocenters. The van der Waals surface area contributed by atoms with Crippen LogP contribution in [0.4, 0.5) is 0 Å². The summed E-state index contributed by atoms with van der Waals surface area (Å²) in [4.78, 5) is 22.5. The van der Waals surface area contributed by atoms with Gasteiger partial charge in [-0.3, -0.25) is 9.78 Å². The number of nitrogens with zero attached hydrogens (tertiary/aromatic N) is 3. The summed E-state index contributed by atoms with van der Waals surface area (Å²) >= 11 is 14.1. The van der Waals surface area contributed by atoms with Crippen LogP contribution in [0.15, 0.2) is 52.9 Å². The first-order valence-electron chi connectivity index (χ1n) is 9.61. The van der Waals surface area contributed by atoms with Crippen molar-refractivity contribution in [3.8, 4) is 33.0 Å². The van der Waals surface area contributed by atoms with Crippen molar-refractivity contribution < 1.29 is 0 Å². The number of hydrogen-bond donors (Lipinski definition) is 0. The van der Waals surface area contributed by atoms with Crippen molar-refractivity contribution in [3.63, 3.8) is 0 Å². The number of pyridine rings is 2. The van der Waals surface area contributed by atoms with E-state index in [1.807, 2.05) is 47.3 Å². The molecule has 0 saturated carbocycles. The van der Waals surface area contributed by atoms with E-state index >= 15 is 0 Å². The van der Waals surface area contributed by atoms with Crippen molar-refractivity contribution in [3.05, 3.63) is 79.8 Å². The lowest BCUT2D eigenvalue weighted by Crippen LogP contribution is -2.23. The Balaban J connectivity index is 1.90. The third kappa shape index (κ3) is 3.37. The maximum atomic E-state index is 13.6. The van der Waals surface area contributed by atoms with Crippen LogP contribution in [0.5, 0.6) is 0 Å². The normalized spacial score (nSPS) is 12.9. The fraction of sp³-hybridized carbons (Fsp3) is 0.174. The first-order chi connectivity index (χ1) is 14.5. The Bertz CT molecular complexity index is 1320. The summed E-state index contributed by atoms with van der Waals surface area (Å²) in [6.45, 7) is 2.56. The van der Waals surface area contributed by atoms with Crippen LogP contribution < -0.4 is 5.56 Å². The van der Waals surface area contributed by atoms with E-state index in [0.717, 1.165) is 45.9 Å². The Morgan fingerprint density at radius 3 is 2.60 bits per heavy atom. The van der Waals surface area contributed by atoms with E-state index in [-0.39, 0.29) is 5.56 Å². The molecule has 5 rings (SSSR count). The molecule has 30 heavy (non-hydrogen) atoms. The monoisotopic (exact) mass is 453 g/mol. The van der Waals surface area contributed by atoms with E-state index in [4.69, 9.17) is 23.2 Å². The van der Waals surface area contributed by atoms with Gasteiger partial charge in [0, 0.05) is 51.2 Å². The number of rotatable bonds is 2. The number of benzene rings is 1. The van der Waals surface area contributed by atoms with Gasteiger partial charge in [0.25, 0.3) is 5.56 Å². The summed E-state index contributed by atoms with van der Waals surface area (Å²) in [5.41, 5.74) is 6.24. The van der Waals surface area contributed by atoms with Crippen LogP contribution in [0.1, 0.15) is 17.7 Å². The first kappa shape index (κ1) is 19.5. The highest BCUT2D eigenvalue weighted by Gasteiger charge is 2.24. The number of thiazole rings is 1. The minimum Gasteiger partial charge on any atom is -0.307 e. The van der Waals surface area contributed by atoms with Gasteiger partial charge < -0.3 is 4.57 Å². The Morgan fingerprint density at radius 2 is 1.87 bits per heavy atom. The van der Waals surface area contributed by atoms with Crippen LogP contribution in [0.25, 0.3) is 33.0 Å². The van der Waals surface area contributed by atoms with Gasteiger partial charge >= 0.3 is 0 Å². The molecular weight excluding hydrogens is 437 g/mol. The molecule has 0 aliphatic carbocycles. The second-order valence-electron chi connectivity index (χ2n) is 7.37. The van der Waals surface area contributed by atoms with Crippen LogP contribution in [-0.2, 0) is 13.0 Å². The average Bonchev–Trinajstić information content (AvgIpc) is 3.04. The molecule has 0 spiro atoms. The van der Waals surface area contributed by atoms with Gasteiger partial charge in [-0.1, -0.05) is 23.2 Å². The number of halogens is 2. The minimum atomic E-state index is -0.0343. The first-order valence-corrected chi connectivity index (χ1v) is 11.2. The number of aromatic nitrogens is 3. The molecule has 0 unspecified atom stereocenters. The quantitative estimate of drug-likeness (QED) is 0.359. The zero-order valence-electron chi connectivity index (χ0n) is 16.2. The van der Waals surface area contributed by atoms with Crippen LogP contribution in [0.3, 0.4) is 0 Å². The highest BCUT2D eigenvalue weighted by molar-refractivity contribution is 7.13. The Labute approximate surface area is 187 Å². The average molecular weight is 454 g/mol. The summed E-state index contributed by atoms with van der Waals surface area (Å²) < 4.78 is 1.86. The summed E-state index contributed by atoms with van der Waals surface area (Å²) in [6, 6.07) is 9.43. The van der Waals surface area contributed by atoms with E-state index in [1.54, 1.807) is 12.3 Å². The molecular formula is C23H17Cl2N3OS. The molecule has 0 saturated heterocycles. The molecule has 0 fully saturated rings. The predicted molar refractivity (Wildman–Crippen MR) is 124 cm³/mol. The van der Waals surface area contributed by atoms with Gasteiger partial charge in [-0.25, -0.2) is 4.98 Å². The zero-order chi connectivity index (χ0) is 20.8. The largest absolute Gasteiger partial charge is 0.307 e. The molecule has 0 bridgehead atoms. The highest BCUT2D eigenvalue weighted by atomic mass is 35.5. The lowest BCUT2D eigenvalue weighted by Gasteiger charge is -2.18. The van der Waals surface area contributed by atoms with Crippen LogP contribution >= 0.6 is 34.5 Å². The highest BCUT2D eigenvalue weighted by Crippen LogP contribution is 2.39. The summed E-state index contributed by atoms with van der Waals surface area (Å²) in [7, 11) is 0. The molecule has 7 heteroatoms. The van der Waals surface area contributed by atoms with Crippen molar-refractivity contribution in [2.24, 2.45) is 0 Å². The zero-order valence-corrected chi connectivity index (χ0v) is 18.5. The molecule has 4 nitrogen and oxygen atoms in total. The van der Waals surface area contributed by atoms with E-state index in [2.05, 4.69) is 9.97 Å². The van der Waals surface area contributed by atoms with E-state index in [1.165, 1.54) is 16.9 Å². The molecule has 1 aromatic carbocycles. The number of hydrogen-bond acceptors (Lipinski definition) is 4. The van der Waals surface area contributed by atoms with Gasteiger partial charge in [-0.15, -0.1) is 11.3 Å². The predicted octanol–water partition coefficient (Wildman–Crippen LogP) is 6.26. The van der Waals surface area contributed by atoms with Gasteiger partial charge in [0.15, 0.2) is 0 Å². The van der Waals surface area contributed by atoms with Crippen molar-refractivity contribution in [1.82, 2.24) is 14.5 Å².